The van der Waals surface area contributed by atoms with Crippen molar-refractivity contribution in [1.82, 2.24) is 5.32 Å². The molecule has 0 aromatic heterocycles. The number of carbonyl (C=O) groups excluding carboxylic acids is 1. The van der Waals surface area contributed by atoms with Crippen molar-refractivity contribution < 1.29 is 17.9 Å². The topological polar surface area (TPSA) is 84.5 Å². The Morgan fingerprint density at radius 1 is 1.00 bits per heavy atom. The number of halogens is 1. The minimum Gasteiger partial charge on any atom is -0.496 e. The molecule has 8 heteroatoms. The lowest BCUT2D eigenvalue weighted by atomic mass is 10.1. The summed E-state index contributed by atoms with van der Waals surface area (Å²) in [6.07, 6.45) is 0. The zero-order valence-corrected chi connectivity index (χ0v) is 18.8. The van der Waals surface area contributed by atoms with E-state index in [-0.39, 0.29) is 28.1 Å². The van der Waals surface area contributed by atoms with Crippen molar-refractivity contribution in [2.24, 2.45) is 0 Å². The Hall–Kier alpha value is -2.84. The summed E-state index contributed by atoms with van der Waals surface area (Å²) in [5.74, 6) is 0.143. The largest absolute Gasteiger partial charge is 0.496 e. The fraction of sp³-hybridized carbons (Fsp3) is 0.136. The molecule has 0 aliphatic rings. The van der Waals surface area contributed by atoms with Crippen LogP contribution in [0.4, 0.5) is 5.69 Å². The summed E-state index contributed by atoms with van der Waals surface area (Å²) in [4.78, 5) is 12.9. The summed E-state index contributed by atoms with van der Waals surface area (Å²) >= 11 is 3.29. The van der Waals surface area contributed by atoms with Gasteiger partial charge in [0.05, 0.1) is 33.8 Å². The number of nitrogens with one attached hydrogen (secondary N) is 2. The first-order valence-corrected chi connectivity index (χ1v) is 11.4. The third-order valence-corrected chi connectivity index (χ3v) is 6.48. The summed E-state index contributed by atoms with van der Waals surface area (Å²) in [6.45, 7) is 1.87. The van der Waals surface area contributed by atoms with Crippen LogP contribution in [0.5, 0.6) is 5.75 Å². The highest BCUT2D eigenvalue weighted by Crippen LogP contribution is 2.29. The Balaban J connectivity index is 1.84. The number of ether oxygens (including phenoxy) is 1. The molecule has 1 atom stereocenters. The first kappa shape index (κ1) is 21.9. The van der Waals surface area contributed by atoms with Gasteiger partial charge in [-0.05, 0) is 58.7 Å². The highest BCUT2D eigenvalue weighted by atomic mass is 79.9. The predicted molar refractivity (Wildman–Crippen MR) is 120 cm³/mol. The van der Waals surface area contributed by atoms with Gasteiger partial charge in [0.2, 0.25) is 0 Å². The molecule has 0 bridgehead atoms. The SMILES string of the molecule is COc1ccc(S(=O)(=O)Nc2ccccc2C(=O)N[C@@H](C)c2ccccc2)cc1Br. The van der Waals surface area contributed by atoms with E-state index >= 15 is 0 Å². The lowest BCUT2D eigenvalue weighted by Crippen LogP contribution is -2.28. The molecule has 0 aliphatic carbocycles. The fourth-order valence-electron chi connectivity index (χ4n) is 2.89. The molecule has 0 saturated carbocycles. The molecule has 0 radical (unpaired) electrons. The second-order valence-electron chi connectivity index (χ2n) is 6.55. The maximum absolute atomic E-state index is 12.9. The summed E-state index contributed by atoms with van der Waals surface area (Å²) < 4.78 is 33.9. The van der Waals surface area contributed by atoms with Crippen LogP contribution < -0.4 is 14.8 Å². The number of anilines is 1. The van der Waals surface area contributed by atoms with Gasteiger partial charge in [0, 0.05) is 0 Å². The van der Waals surface area contributed by atoms with E-state index in [4.69, 9.17) is 4.74 Å². The van der Waals surface area contributed by atoms with Gasteiger partial charge in [0.1, 0.15) is 5.75 Å². The van der Waals surface area contributed by atoms with E-state index in [2.05, 4.69) is 26.0 Å². The van der Waals surface area contributed by atoms with E-state index in [1.165, 1.54) is 19.2 Å². The van der Waals surface area contributed by atoms with Crippen molar-refractivity contribution in [2.45, 2.75) is 17.9 Å². The summed E-state index contributed by atoms with van der Waals surface area (Å²) in [6, 6.07) is 20.2. The van der Waals surface area contributed by atoms with Gasteiger partial charge in [-0.2, -0.15) is 0 Å². The van der Waals surface area contributed by atoms with Gasteiger partial charge in [-0.3, -0.25) is 9.52 Å². The van der Waals surface area contributed by atoms with E-state index < -0.39 is 10.0 Å². The van der Waals surface area contributed by atoms with Crippen LogP contribution in [0, 0.1) is 0 Å². The molecule has 3 rings (SSSR count). The molecular formula is C22H21BrN2O4S. The van der Waals surface area contributed by atoms with Crippen molar-refractivity contribution in [2.75, 3.05) is 11.8 Å². The number of carbonyl (C=O) groups is 1. The van der Waals surface area contributed by atoms with Crippen LogP contribution in [0.3, 0.4) is 0 Å². The van der Waals surface area contributed by atoms with Crippen molar-refractivity contribution >= 4 is 37.5 Å². The Labute approximate surface area is 184 Å². The van der Waals surface area contributed by atoms with E-state index in [0.29, 0.717) is 10.2 Å². The Morgan fingerprint density at radius 3 is 2.33 bits per heavy atom. The van der Waals surface area contributed by atoms with E-state index in [1.54, 1.807) is 30.3 Å². The van der Waals surface area contributed by atoms with Crippen molar-refractivity contribution in [1.29, 1.82) is 0 Å². The van der Waals surface area contributed by atoms with Crippen LogP contribution in [-0.4, -0.2) is 21.4 Å². The van der Waals surface area contributed by atoms with Crippen molar-refractivity contribution in [3.63, 3.8) is 0 Å². The van der Waals surface area contributed by atoms with Gasteiger partial charge < -0.3 is 10.1 Å². The molecule has 0 aliphatic heterocycles. The Morgan fingerprint density at radius 2 is 1.67 bits per heavy atom. The van der Waals surface area contributed by atoms with E-state index in [0.717, 1.165) is 5.56 Å². The van der Waals surface area contributed by atoms with Gasteiger partial charge in [-0.15, -0.1) is 0 Å². The molecule has 0 heterocycles. The summed E-state index contributed by atoms with van der Waals surface area (Å²) in [5.41, 5.74) is 1.38. The van der Waals surface area contributed by atoms with Crippen molar-refractivity contribution in [3.05, 3.63) is 88.4 Å². The second kappa shape index (κ2) is 9.32. The second-order valence-corrected chi connectivity index (χ2v) is 9.09. The lowest BCUT2D eigenvalue weighted by Gasteiger charge is -2.17. The van der Waals surface area contributed by atoms with E-state index in [9.17, 15) is 13.2 Å². The number of rotatable bonds is 7. The minimum atomic E-state index is -3.91. The summed E-state index contributed by atoms with van der Waals surface area (Å²) in [5, 5.41) is 2.90. The van der Waals surface area contributed by atoms with E-state index in [1.807, 2.05) is 37.3 Å². The standard InChI is InChI=1S/C22H21BrN2O4S/c1-15(16-8-4-3-5-9-16)24-22(26)18-10-6-7-11-20(18)25-30(27,28)17-12-13-21(29-2)19(23)14-17/h3-15,25H,1-2H3,(H,24,26)/t15-/m0/s1. The normalized spacial score (nSPS) is 12.1. The number of para-hydroxylation sites is 1. The first-order chi connectivity index (χ1) is 14.3. The molecule has 3 aromatic rings. The van der Waals surface area contributed by atoms with Gasteiger partial charge in [-0.1, -0.05) is 42.5 Å². The highest BCUT2D eigenvalue weighted by Gasteiger charge is 2.20. The average molecular weight is 489 g/mol. The minimum absolute atomic E-state index is 0.0445. The number of hydrogen-bond acceptors (Lipinski definition) is 4. The maximum Gasteiger partial charge on any atom is 0.261 e. The Kier molecular flexibility index (Phi) is 6.79. The van der Waals surface area contributed by atoms with Crippen molar-refractivity contribution in [3.8, 4) is 5.75 Å². The fourth-order valence-corrected chi connectivity index (χ4v) is 4.69. The molecule has 30 heavy (non-hydrogen) atoms. The predicted octanol–water partition coefficient (Wildman–Crippen LogP) is 4.75. The average Bonchev–Trinajstić information content (AvgIpc) is 2.74. The number of sulfonamides is 1. The molecule has 3 aromatic carbocycles. The first-order valence-electron chi connectivity index (χ1n) is 9.13. The lowest BCUT2D eigenvalue weighted by molar-refractivity contribution is 0.0941. The van der Waals surface area contributed by atoms with Crippen LogP contribution in [0.25, 0.3) is 0 Å². The molecule has 0 spiro atoms. The zero-order chi connectivity index (χ0) is 21.7. The molecule has 6 nitrogen and oxygen atoms in total. The van der Waals surface area contributed by atoms with Gasteiger partial charge in [0.25, 0.3) is 15.9 Å². The summed E-state index contributed by atoms with van der Waals surface area (Å²) in [7, 11) is -2.42. The van der Waals surface area contributed by atoms with Gasteiger partial charge >= 0.3 is 0 Å². The molecular weight excluding hydrogens is 468 g/mol. The number of hydrogen-bond donors (Lipinski definition) is 2. The third-order valence-electron chi connectivity index (χ3n) is 4.50. The molecule has 156 valence electrons. The van der Waals surface area contributed by atoms with Crippen LogP contribution >= 0.6 is 15.9 Å². The Bertz CT molecular complexity index is 1150. The highest BCUT2D eigenvalue weighted by molar-refractivity contribution is 9.10. The van der Waals surface area contributed by atoms with Crippen LogP contribution in [-0.2, 0) is 10.0 Å². The van der Waals surface area contributed by atoms with Crippen LogP contribution in [0.1, 0.15) is 28.9 Å². The van der Waals surface area contributed by atoms with Crippen LogP contribution in [0.15, 0.2) is 82.2 Å². The number of amides is 1. The number of methoxy groups -OCH3 is 1. The van der Waals surface area contributed by atoms with Crippen LogP contribution in [0.2, 0.25) is 0 Å². The molecule has 0 fully saturated rings. The monoisotopic (exact) mass is 488 g/mol. The third kappa shape index (κ3) is 5.01. The van der Waals surface area contributed by atoms with Gasteiger partial charge in [0.15, 0.2) is 0 Å². The molecule has 1 amide bonds. The van der Waals surface area contributed by atoms with Gasteiger partial charge in [-0.25, -0.2) is 8.42 Å². The zero-order valence-electron chi connectivity index (χ0n) is 16.4. The smallest absolute Gasteiger partial charge is 0.261 e. The molecule has 0 unspecified atom stereocenters. The maximum atomic E-state index is 12.9. The molecule has 0 saturated heterocycles. The molecule has 2 N–H and O–H groups in total. The number of benzene rings is 3. The quantitative estimate of drug-likeness (QED) is 0.502.